The molecule has 0 atom stereocenters. The van der Waals surface area contributed by atoms with Gasteiger partial charge in [0.05, 0.1) is 77.9 Å². The van der Waals surface area contributed by atoms with Crippen molar-refractivity contribution in [1.29, 1.82) is 0 Å². The molecule has 1 aromatic carbocycles. The van der Waals surface area contributed by atoms with E-state index in [1.165, 1.54) is 0 Å². The fraction of sp³-hybridized carbons (Fsp3) is 0.250. The Labute approximate surface area is 277 Å². The van der Waals surface area contributed by atoms with Crippen molar-refractivity contribution in [2.24, 2.45) is 0 Å². The largest absolute Gasteiger partial charge is 0.370 e. The van der Waals surface area contributed by atoms with Gasteiger partial charge in [-0.1, -0.05) is 52.1 Å². The number of ether oxygens (including phenoxy) is 3. The molecule has 3 heterocycles. The van der Waals surface area contributed by atoms with Crippen LogP contribution in [0.25, 0.3) is 0 Å². The van der Waals surface area contributed by atoms with Crippen molar-refractivity contribution in [3.63, 3.8) is 0 Å². The number of rotatable bonds is 18. The zero-order chi connectivity index (χ0) is 32.4. The first kappa shape index (κ1) is 30.9. The highest BCUT2D eigenvalue weighted by molar-refractivity contribution is 5.32. The minimum absolute atomic E-state index is 0.372. The Balaban J connectivity index is 1.01. The third-order valence-corrected chi connectivity index (χ3v) is 7.41. The summed E-state index contributed by atoms with van der Waals surface area (Å²) >= 11 is 0. The van der Waals surface area contributed by atoms with E-state index in [1.807, 2.05) is 87.3 Å². The van der Waals surface area contributed by atoms with Crippen LogP contribution in [0, 0.1) is 0 Å². The predicted molar refractivity (Wildman–Crippen MR) is 175 cm³/mol. The molecule has 0 aliphatic heterocycles. The fourth-order valence-electron chi connectivity index (χ4n) is 5.29. The molecule has 3 aliphatic carbocycles. The van der Waals surface area contributed by atoms with Gasteiger partial charge < -0.3 is 14.2 Å². The zero-order valence-electron chi connectivity index (χ0n) is 26.3. The number of benzene rings is 1. The van der Waals surface area contributed by atoms with Crippen molar-refractivity contribution in [2.45, 2.75) is 39.5 Å². The van der Waals surface area contributed by atoms with E-state index in [1.54, 1.807) is 0 Å². The lowest BCUT2D eigenvalue weighted by Gasteiger charge is -2.10. The number of hydrogen-bond donors (Lipinski definition) is 0. The minimum atomic E-state index is 0.372. The van der Waals surface area contributed by atoms with Crippen LogP contribution >= 0.6 is 0 Å². The molecular weight excluding hydrogens is 606 g/mol. The van der Waals surface area contributed by atoms with Gasteiger partial charge in [0.1, 0.15) is 17.1 Å². The standard InChI is InChI=1S/C36H33N9O3/c1-2-8-28(7-1)22-46-25-34-19-43(40-37-34)16-31-13-32(17-44-20-35(38-41-44)26-47-23-29-9-3-4-10-29)15-33(14-31)18-45-21-36(39-42-45)27-48-24-30-11-5-6-12-30/h1-7,9,11,13-15,19-21H,16-18,22-27H2. The second kappa shape index (κ2) is 15.3. The van der Waals surface area contributed by atoms with Crippen molar-refractivity contribution in [1.82, 2.24) is 45.0 Å². The van der Waals surface area contributed by atoms with E-state index < -0.39 is 0 Å². The molecule has 0 saturated carbocycles. The van der Waals surface area contributed by atoms with Crippen LogP contribution in [0.2, 0.25) is 0 Å². The van der Waals surface area contributed by atoms with E-state index in [0.29, 0.717) is 59.3 Å². The van der Waals surface area contributed by atoms with Crippen LogP contribution in [0.1, 0.15) is 33.8 Å². The molecule has 12 nitrogen and oxygen atoms in total. The van der Waals surface area contributed by atoms with Crippen LogP contribution in [0.4, 0.5) is 0 Å². The molecule has 3 aliphatic rings. The SMILES string of the molecule is C1=CC=CC=1COCc1cn(Cc2cc(Cn3cc(COCC4=C=CC=C4)nn3)cc(Cn3cc(COCC4=C=CC=C4)nn3)c2)nn1. The van der Waals surface area contributed by atoms with E-state index in [2.05, 4.69) is 66.3 Å². The molecule has 12 heteroatoms. The van der Waals surface area contributed by atoms with Crippen LogP contribution in [0.3, 0.4) is 0 Å². The summed E-state index contributed by atoms with van der Waals surface area (Å²) in [6, 6.07) is 6.45. The molecule has 3 aromatic heterocycles. The molecule has 0 amide bonds. The van der Waals surface area contributed by atoms with E-state index in [0.717, 1.165) is 50.5 Å². The molecule has 0 radical (unpaired) electrons. The van der Waals surface area contributed by atoms with Crippen molar-refractivity contribution in [2.75, 3.05) is 19.8 Å². The zero-order valence-corrected chi connectivity index (χ0v) is 26.3. The Hall–Kier alpha value is -5.70. The van der Waals surface area contributed by atoms with Gasteiger partial charge in [0.2, 0.25) is 0 Å². The smallest absolute Gasteiger partial charge is 0.108 e. The summed E-state index contributed by atoms with van der Waals surface area (Å²) in [7, 11) is 0. The molecule has 7 rings (SSSR count). The molecule has 0 bridgehead atoms. The summed E-state index contributed by atoms with van der Waals surface area (Å²) in [5, 5.41) is 26.0. The normalized spacial score (nSPS) is 14.1. The highest BCUT2D eigenvalue weighted by Gasteiger charge is 2.10. The van der Waals surface area contributed by atoms with Crippen LogP contribution in [0.5, 0.6) is 0 Å². The number of allylic oxidation sites excluding steroid dienone is 3. The van der Waals surface area contributed by atoms with E-state index in [-0.39, 0.29) is 0 Å². The van der Waals surface area contributed by atoms with E-state index in [9.17, 15) is 0 Å². The lowest BCUT2D eigenvalue weighted by molar-refractivity contribution is 0.141. The van der Waals surface area contributed by atoms with Crippen LogP contribution in [0.15, 0.2) is 125 Å². The average molecular weight is 640 g/mol. The number of aromatic nitrogens is 9. The third-order valence-electron chi connectivity index (χ3n) is 7.41. The summed E-state index contributed by atoms with van der Waals surface area (Å²) in [4.78, 5) is 0. The van der Waals surface area contributed by atoms with Crippen molar-refractivity contribution in [3.05, 3.63) is 159 Å². The maximum absolute atomic E-state index is 5.79. The predicted octanol–water partition coefficient (Wildman–Crippen LogP) is 4.11. The molecule has 4 aromatic rings. The van der Waals surface area contributed by atoms with Crippen LogP contribution in [-0.4, -0.2) is 64.8 Å². The summed E-state index contributed by atoms with van der Waals surface area (Å²) < 4.78 is 22.8. The van der Waals surface area contributed by atoms with Crippen molar-refractivity contribution in [3.8, 4) is 0 Å². The Bertz CT molecular complexity index is 1820. The quantitative estimate of drug-likeness (QED) is 0.148. The van der Waals surface area contributed by atoms with Crippen LogP contribution in [-0.2, 0) is 53.7 Å². The summed E-state index contributed by atoms with van der Waals surface area (Å²) in [6.45, 7) is 4.18. The fourth-order valence-corrected chi connectivity index (χ4v) is 5.29. The van der Waals surface area contributed by atoms with Gasteiger partial charge in [0.25, 0.3) is 0 Å². The summed E-state index contributed by atoms with van der Waals surface area (Å²) in [5.41, 5.74) is 17.9. The molecule has 48 heavy (non-hydrogen) atoms. The second-order valence-corrected chi connectivity index (χ2v) is 11.4. The molecule has 0 fully saturated rings. The molecule has 0 unspecified atom stereocenters. The number of nitrogens with zero attached hydrogens (tertiary/aromatic N) is 9. The molecule has 0 N–H and O–H groups in total. The average Bonchev–Trinajstić information content (AvgIpc) is 3.92. The van der Waals surface area contributed by atoms with E-state index in [4.69, 9.17) is 14.2 Å². The van der Waals surface area contributed by atoms with Crippen LogP contribution < -0.4 is 0 Å². The van der Waals surface area contributed by atoms with Gasteiger partial charge in [-0.25, -0.2) is 14.0 Å². The molecule has 240 valence electrons. The molecular formula is C36H33N9O3. The first-order chi connectivity index (χ1) is 23.7. The first-order valence-electron chi connectivity index (χ1n) is 15.6. The molecule has 0 spiro atoms. The van der Waals surface area contributed by atoms with Gasteiger partial charge in [-0.05, 0) is 53.1 Å². The second-order valence-electron chi connectivity index (χ2n) is 11.4. The topological polar surface area (TPSA) is 120 Å². The Morgan fingerprint density at radius 3 is 1.08 bits per heavy atom. The highest BCUT2D eigenvalue weighted by atomic mass is 16.5. The monoisotopic (exact) mass is 639 g/mol. The van der Waals surface area contributed by atoms with Crippen molar-refractivity contribution >= 4 is 0 Å². The molecule has 0 saturated heterocycles. The third kappa shape index (κ3) is 8.76. The lowest BCUT2D eigenvalue weighted by atomic mass is 10.1. The maximum atomic E-state index is 5.79. The van der Waals surface area contributed by atoms with Gasteiger partial charge in [-0.15, -0.1) is 32.5 Å². The lowest BCUT2D eigenvalue weighted by Crippen LogP contribution is -2.07. The highest BCUT2D eigenvalue weighted by Crippen LogP contribution is 2.16. The van der Waals surface area contributed by atoms with Gasteiger partial charge in [-0.3, -0.25) is 0 Å². The Morgan fingerprint density at radius 1 is 0.458 bits per heavy atom. The van der Waals surface area contributed by atoms with E-state index >= 15 is 0 Å². The summed E-state index contributed by atoms with van der Waals surface area (Å²) in [5.74, 6) is 0. The maximum Gasteiger partial charge on any atom is 0.108 e. The van der Waals surface area contributed by atoms with Crippen molar-refractivity contribution < 1.29 is 14.2 Å². The van der Waals surface area contributed by atoms with Gasteiger partial charge >= 0.3 is 0 Å². The minimum Gasteiger partial charge on any atom is -0.370 e. The van der Waals surface area contributed by atoms with Gasteiger partial charge in [0, 0.05) is 16.7 Å². The Kier molecular flexibility index (Phi) is 9.83. The van der Waals surface area contributed by atoms with Gasteiger partial charge in [0.15, 0.2) is 0 Å². The number of hydrogen-bond acceptors (Lipinski definition) is 9. The van der Waals surface area contributed by atoms with Gasteiger partial charge in [-0.2, -0.15) is 0 Å². The first-order valence-corrected chi connectivity index (χ1v) is 15.6. The summed E-state index contributed by atoms with van der Waals surface area (Å²) in [6.07, 6.45) is 23.2. The Morgan fingerprint density at radius 2 is 0.792 bits per heavy atom.